The molecule has 7 heteroatoms. The summed E-state index contributed by atoms with van der Waals surface area (Å²) in [5, 5.41) is 3.48. The Bertz CT molecular complexity index is 824. The quantitative estimate of drug-likeness (QED) is 0.523. The number of aryl methyl sites for hydroxylation is 2. The SMILES string of the molecule is CCc1cccc(C)c1NC(=S)NNC(=O)Cc1ccc(OC)cc1OC. The molecule has 0 fully saturated rings. The van der Waals surface area contributed by atoms with E-state index in [2.05, 4.69) is 23.1 Å². The van der Waals surface area contributed by atoms with Crippen molar-refractivity contribution in [3.8, 4) is 11.5 Å². The molecule has 0 saturated heterocycles. The molecule has 0 aliphatic carbocycles. The number of rotatable bonds is 6. The largest absolute Gasteiger partial charge is 0.497 e. The molecular weight excluding hydrogens is 362 g/mol. The number of thiocarbonyl (C=S) groups is 1. The summed E-state index contributed by atoms with van der Waals surface area (Å²) in [6.45, 7) is 4.10. The molecule has 0 atom stereocenters. The third-order valence-corrected chi connectivity index (χ3v) is 4.34. The Morgan fingerprint density at radius 1 is 1.07 bits per heavy atom. The van der Waals surface area contributed by atoms with Crippen molar-refractivity contribution in [2.75, 3.05) is 19.5 Å². The van der Waals surface area contributed by atoms with Crippen LogP contribution in [-0.4, -0.2) is 25.2 Å². The van der Waals surface area contributed by atoms with E-state index in [0.29, 0.717) is 16.6 Å². The molecule has 0 spiro atoms. The lowest BCUT2D eigenvalue weighted by molar-refractivity contribution is -0.121. The molecule has 2 aromatic rings. The Balaban J connectivity index is 1.93. The number of carbonyl (C=O) groups excluding carboxylic acids is 1. The Labute approximate surface area is 165 Å². The molecule has 0 aliphatic heterocycles. The zero-order valence-electron chi connectivity index (χ0n) is 16.0. The number of benzene rings is 2. The number of nitrogens with one attached hydrogen (secondary N) is 3. The number of hydrogen-bond donors (Lipinski definition) is 3. The van der Waals surface area contributed by atoms with Crippen LogP contribution in [0, 0.1) is 6.92 Å². The van der Waals surface area contributed by atoms with E-state index in [9.17, 15) is 4.79 Å². The van der Waals surface area contributed by atoms with Crippen molar-refractivity contribution >= 4 is 28.9 Å². The first kappa shape index (κ1) is 20.5. The van der Waals surface area contributed by atoms with Crippen LogP contribution in [0.2, 0.25) is 0 Å². The number of anilines is 1. The van der Waals surface area contributed by atoms with E-state index in [-0.39, 0.29) is 12.3 Å². The van der Waals surface area contributed by atoms with E-state index in [4.69, 9.17) is 21.7 Å². The molecule has 0 aliphatic rings. The molecule has 0 bridgehead atoms. The van der Waals surface area contributed by atoms with Crippen LogP contribution in [0.1, 0.15) is 23.6 Å². The van der Waals surface area contributed by atoms with Crippen molar-refractivity contribution in [1.82, 2.24) is 10.9 Å². The minimum Gasteiger partial charge on any atom is -0.497 e. The van der Waals surface area contributed by atoms with E-state index in [1.54, 1.807) is 32.4 Å². The van der Waals surface area contributed by atoms with Gasteiger partial charge >= 0.3 is 0 Å². The van der Waals surface area contributed by atoms with Crippen LogP contribution in [0.5, 0.6) is 11.5 Å². The molecule has 0 aromatic heterocycles. The second-order valence-corrected chi connectivity index (χ2v) is 6.35. The minimum absolute atomic E-state index is 0.146. The summed E-state index contributed by atoms with van der Waals surface area (Å²) in [4.78, 5) is 12.2. The van der Waals surface area contributed by atoms with E-state index in [1.807, 2.05) is 25.1 Å². The number of hydrazine groups is 1. The second-order valence-electron chi connectivity index (χ2n) is 5.94. The lowest BCUT2D eigenvalue weighted by atomic mass is 10.1. The number of para-hydroxylation sites is 1. The number of ether oxygens (including phenoxy) is 2. The van der Waals surface area contributed by atoms with Crippen LogP contribution in [0.3, 0.4) is 0 Å². The second kappa shape index (κ2) is 9.78. The van der Waals surface area contributed by atoms with E-state index >= 15 is 0 Å². The van der Waals surface area contributed by atoms with Crippen molar-refractivity contribution < 1.29 is 14.3 Å². The van der Waals surface area contributed by atoms with Gasteiger partial charge < -0.3 is 14.8 Å². The first-order valence-corrected chi connectivity index (χ1v) is 9.04. The summed E-state index contributed by atoms with van der Waals surface area (Å²) in [5.74, 6) is 1.03. The molecule has 2 aromatic carbocycles. The molecule has 2 rings (SSSR count). The smallest absolute Gasteiger partial charge is 0.242 e. The maximum Gasteiger partial charge on any atom is 0.242 e. The summed E-state index contributed by atoms with van der Waals surface area (Å²) in [5.41, 5.74) is 9.32. The standard InChI is InChI=1S/C20H25N3O3S/c1-5-14-8-6-7-13(2)19(14)21-20(27)23-22-18(24)11-15-9-10-16(25-3)12-17(15)26-4/h6-10,12H,5,11H2,1-4H3,(H,22,24)(H2,21,23,27). The zero-order valence-corrected chi connectivity index (χ0v) is 16.8. The predicted molar refractivity (Wildman–Crippen MR) is 111 cm³/mol. The first-order chi connectivity index (χ1) is 13.0. The van der Waals surface area contributed by atoms with Crippen molar-refractivity contribution in [3.05, 3.63) is 53.1 Å². The van der Waals surface area contributed by atoms with Gasteiger partial charge in [-0.1, -0.05) is 31.2 Å². The fourth-order valence-electron chi connectivity index (χ4n) is 2.69. The molecule has 0 unspecified atom stereocenters. The van der Waals surface area contributed by atoms with Gasteiger partial charge in [0.25, 0.3) is 0 Å². The van der Waals surface area contributed by atoms with Crippen molar-refractivity contribution in [1.29, 1.82) is 0 Å². The summed E-state index contributed by atoms with van der Waals surface area (Å²) in [6, 6.07) is 11.4. The van der Waals surface area contributed by atoms with Crippen molar-refractivity contribution in [2.45, 2.75) is 26.7 Å². The third-order valence-electron chi connectivity index (χ3n) is 4.14. The number of amides is 1. The summed E-state index contributed by atoms with van der Waals surface area (Å²) < 4.78 is 10.5. The Morgan fingerprint density at radius 2 is 1.85 bits per heavy atom. The molecule has 3 N–H and O–H groups in total. The van der Waals surface area contributed by atoms with Gasteiger partial charge in [-0.15, -0.1) is 0 Å². The normalized spacial score (nSPS) is 10.1. The minimum atomic E-state index is -0.233. The lowest BCUT2D eigenvalue weighted by Gasteiger charge is -2.16. The van der Waals surface area contributed by atoms with Gasteiger partial charge in [0.05, 0.1) is 20.6 Å². The lowest BCUT2D eigenvalue weighted by Crippen LogP contribution is -2.44. The predicted octanol–water partition coefficient (Wildman–Crippen LogP) is 3.13. The van der Waals surface area contributed by atoms with Crippen LogP contribution in [0.4, 0.5) is 5.69 Å². The summed E-state index contributed by atoms with van der Waals surface area (Å²) in [6.07, 6.45) is 1.03. The molecule has 27 heavy (non-hydrogen) atoms. The summed E-state index contributed by atoms with van der Waals surface area (Å²) >= 11 is 5.29. The highest BCUT2D eigenvalue weighted by molar-refractivity contribution is 7.80. The molecule has 1 amide bonds. The van der Waals surface area contributed by atoms with Gasteiger partial charge in [-0.05, 0) is 42.8 Å². The first-order valence-electron chi connectivity index (χ1n) is 8.63. The van der Waals surface area contributed by atoms with Crippen LogP contribution >= 0.6 is 12.2 Å². The highest BCUT2D eigenvalue weighted by atomic mass is 32.1. The van der Waals surface area contributed by atoms with Crippen LogP contribution in [-0.2, 0) is 17.6 Å². The number of hydrogen-bond acceptors (Lipinski definition) is 4. The van der Waals surface area contributed by atoms with Gasteiger partial charge in [-0.2, -0.15) is 0 Å². The molecule has 6 nitrogen and oxygen atoms in total. The van der Waals surface area contributed by atoms with Gasteiger partial charge in [-0.3, -0.25) is 15.6 Å². The molecule has 0 radical (unpaired) electrons. The maximum absolute atomic E-state index is 12.2. The molecule has 0 heterocycles. The van der Waals surface area contributed by atoms with Gasteiger partial charge in [0, 0.05) is 17.3 Å². The fourth-order valence-corrected chi connectivity index (χ4v) is 2.84. The molecule has 0 saturated carbocycles. The Morgan fingerprint density at radius 3 is 2.52 bits per heavy atom. The van der Waals surface area contributed by atoms with Gasteiger partial charge in [-0.25, -0.2) is 0 Å². The van der Waals surface area contributed by atoms with Gasteiger partial charge in [0.2, 0.25) is 5.91 Å². The fraction of sp³-hybridized carbons (Fsp3) is 0.300. The highest BCUT2D eigenvalue weighted by Gasteiger charge is 2.11. The van der Waals surface area contributed by atoms with E-state index in [1.165, 1.54) is 0 Å². The summed E-state index contributed by atoms with van der Waals surface area (Å²) in [7, 11) is 3.14. The van der Waals surface area contributed by atoms with Crippen LogP contribution in [0.15, 0.2) is 36.4 Å². The van der Waals surface area contributed by atoms with Gasteiger partial charge in [0.1, 0.15) is 11.5 Å². The molecular formula is C20H25N3O3S. The number of carbonyl (C=O) groups is 1. The number of methoxy groups -OCH3 is 2. The average Bonchev–Trinajstić information content (AvgIpc) is 2.68. The third kappa shape index (κ3) is 5.59. The zero-order chi connectivity index (χ0) is 19.8. The van der Waals surface area contributed by atoms with Crippen molar-refractivity contribution in [2.24, 2.45) is 0 Å². The van der Waals surface area contributed by atoms with E-state index < -0.39 is 0 Å². The Kier molecular flexibility index (Phi) is 7.43. The van der Waals surface area contributed by atoms with E-state index in [0.717, 1.165) is 28.8 Å². The van der Waals surface area contributed by atoms with Crippen molar-refractivity contribution in [3.63, 3.8) is 0 Å². The average molecular weight is 388 g/mol. The Hall–Kier alpha value is -2.80. The topological polar surface area (TPSA) is 71.6 Å². The van der Waals surface area contributed by atoms with Gasteiger partial charge in [0.15, 0.2) is 5.11 Å². The maximum atomic E-state index is 12.2. The highest BCUT2D eigenvalue weighted by Crippen LogP contribution is 2.25. The molecule has 144 valence electrons. The van der Waals surface area contributed by atoms with Crippen LogP contribution < -0.4 is 25.6 Å². The van der Waals surface area contributed by atoms with Crippen LogP contribution in [0.25, 0.3) is 0 Å². The monoisotopic (exact) mass is 387 g/mol.